The number of hydrogen-bond acceptors (Lipinski definition) is 1. The molecule has 0 aromatic carbocycles. The summed E-state index contributed by atoms with van der Waals surface area (Å²) in [5.41, 5.74) is 0. The molecule has 0 unspecified atom stereocenters. The number of unbranched alkanes of at least 4 members (excludes halogenated alkanes) is 9. The zero-order valence-electron chi connectivity index (χ0n) is 12.3. The van der Waals surface area contributed by atoms with E-state index in [1.54, 1.807) is 0 Å². The summed E-state index contributed by atoms with van der Waals surface area (Å²) < 4.78 is 0. The topological polar surface area (TPSA) is 3.24 Å². The van der Waals surface area contributed by atoms with Crippen molar-refractivity contribution in [1.82, 2.24) is 4.90 Å². The lowest BCUT2D eigenvalue weighted by Gasteiger charge is -2.14. The molecule has 1 heteroatoms. The first-order chi connectivity index (χ1) is 8.31. The van der Waals surface area contributed by atoms with Crippen molar-refractivity contribution in [3.63, 3.8) is 0 Å². The van der Waals surface area contributed by atoms with E-state index < -0.39 is 0 Å². The monoisotopic (exact) mass is 240 g/mol. The molecule has 1 radical (unpaired) electrons. The van der Waals surface area contributed by atoms with Crippen molar-refractivity contribution in [3.05, 3.63) is 6.92 Å². The number of hydrogen-bond donors (Lipinski definition) is 0. The van der Waals surface area contributed by atoms with Gasteiger partial charge >= 0.3 is 0 Å². The zero-order chi connectivity index (χ0) is 12.8. The van der Waals surface area contributed by atoms with E-state index in [1.165, 1.54) is 70.8 Å². The van der Waals surface area contributed by atoms with Crippen molar-refractivity contribution in [2.45, 2.75) is 77.6 Å². The summed E-state index contributed by atoms with van der Waals surface area (Å²) in [4.78, 5) is 2.40. The van der Waals surface area contributed by atoms with Crippen LogP contribution in [0.4, 0.5) is 0 Å². The average Bonchev–Trinajstić information content (AvgIpc) is 2.32. The Bertz CT molecular complexity index is 133. The molecular weight excluding hydrogens is 206 g/mol. The molecule has 0 amide bonds. The van der Waals surface area contributed by atoms with Crippen LogP contribution in [-0.2, 0) is 0 Å². The van der Waals surface area contributed by atoms with Crippen molar-refractivity contribution < 1.29 is 0 Å². The molecule has 0 saturated carbocycles. The molecule has 0 aliphatic carbocycles. The van der Waals surface area contributed by atoms with Crippen molar-refractivity contribution in [3.8, 4) is 0 Å². The standard InChI is InChI=1S/C16H34N/c1-4-6-7-8-9-10-11-12-13-14-16-17(3)15-5-2/h2,4-16H2,1,3H3. The van der Waals surface area contributed by atoms with E-state index in [0.29, 0.717) is 0 Å². The van der Waals surface area contributed by atoms with Crippen molar-refractivity contribution in [2.24, 2.45) is 0 Å². The van der Waals surface area contributed by atoms with E-state index in [-0.39, 0.29) is 0 Å². The smallest absolute Gasteiger partial charge is 0.00218 e. The summed E-state index contributed by atoms with van der Waals surface area (Å²) in [7, 11) is 2.21. The lowest BCUT2D eigenvalue weighted by molar-refractivity contribution is 0.329. The highest BCUT2D eigenvalue weighted by molar-refractivity contribution is 4.54. The van der Waals surface area contributed by atoms with Crippen LogP contribution in [0.1, 0.15) is 77.6 Å². The fourth-order valence-corrected chi connectivity index (χ4v) is 2.25. The van der Waals surface area contributed by atoms with Gasteiger partial charge in [0.25, 0.3) is 0 Å². The highest BCUT2D eigenvalue weighted by Crippen LogP contribution is 2.10. The van der Waals surface area contributed by atoms with E-state index in [1.807, 2.05) is 0 Å². The third-order valence-electron chi connectivity index (χ3n) is 3.43. The van der Waals surface area contributed by atoms with Crippen LogP contribution in [0.5, 0.6) is 0 Å². The Morgan fingerprint density at radius 3 is 1.65 bits per heavy atom. The predicted molar refractivity (Wildman–Crippen MR) is 79.3 cm³/mol. The number of rotatable bonds is 13. The fourth-order valence-electron chi connectivity index (χ4n) is 2.25. The zero-order valence-corrected chi connectivity index (χ0v) is 12.3. The molecule has 0 aromatic heterocycles. The van der Waals surface area contributed by atoms with Gasteiger partial charge in [0.1, 0.15) is 0 Å². The van der Waals surface area contributed by atoms with Gasteiger partial charge in [-0.05, 0) is 33.0 Å². The second-order valence-electron chi connectivity index (χ2n) is 5.34. The average molecular weight is 240 g/mol. The first kappa shape index (κ1) is 17.0. The van der Waals surface area contributed by atoms with Crippen LogP contribution in [-0.4, -0.2) is 25.0 Å². The van der Waals surface area contributed by atoms with Gasteiger partial charge in [0.15, 0.2) is 0 Å². The minimum atomic E-state index is 1.04. The number of nitrogens with zero attached hydrogens (tertiary/aromatic N) is 1. The molecule has 0 N–H and O–H groups in total. The molecule has 103 valence electrons. The molecular formula is C16H34N. The molecule has 0 heterocycles. The Morgan fingerprint density at radius 1 is 0.706 bits per heavy atom. The largest absolute Gasteiger partial charge is 0.306 e. The van der Waals surface area contributed by atoms with Crippen molar-refractivity contribution in [1.29, 1.82) is 0 Å². The van der Waals surface area contributed by atoms with Crippen LogP contribution in [0.25, 0.3) is 0 Å². The van der Waals surface area contributed by atoms with Crippen LogP contribution in [0.3, 0.4) is 0 Å². The SMILES string of the molecule is [CH2]CCN(C)CCCCCCCCCCCC. The van der Waals surface area contributed by atoms with Crippen molar-refractivity contribution >= 4 is 0 Å². The Hall–Kier alpha value is -0.0400. The maximum absolute atomic E-state index is 3.88. The Morgan fingerprint density at radius 2 is 1.18 bits per heavy atom. The summed E-state index contributed by atoms with van der Waals surface area (Å²) in [6.45, 7) is 8.57. The second-order valence-corrected chi connectivity index (χ2v) is 5.34. The summed E-state index contributed by atoms with van der Waals surface area (Å²) in [5, 5.41) is 0. The summed E-state index contributed by atoms with van der Waals surface area (Å²) >= 11 is 0. The minimum Gasteiger partial charge on any atom is -0.306 e. The molecule has 0 saturated heterocycles. The van der Waals surface area contributed by atoms with E-state index in [0.717, 1.165) is 13.0 Å². The molecule has 0 fully saturated rings. The maximum Gasteiger partial charge on any atom is -0.00218 e. The fraction of sp³-hybridized carbons (Fsp3) is 0.938. The summed E-state index contributed by atoms with van der Waals surface area (Å²) in [5.74, 6) is 0. The Labute approximate surface area is 110 Å². The second kappa shape index (κ2) is 14.0. The Balaban J connectivity index is 2.98. The van der Waals surface area contributed by atoms with Crippen LogP contribution in [0, 0.1) is 6.92 Å². The van der Waals surface area contributed by atoms with E-state index in [9.17, 15) is 0 Å². The minimum absolute atomic E-state index is 1.04. The van der Waals surface area contributed by atoms with Gasteiger partial charge in [0.2, 0.25) is 0 Å². The van der Waals surface area contributed by atoms with Gasteiger partial charge in [-0.1, -0.05) is 71.6 Å². The first-order valence-corrected chi connectivity index (χ1v) is 7.79. The molecule has 0 aliphatic heterocycles. The normalized spacial score (nSPS) is 11.3. The van der Waals surface area contributed by atoms with E-state index >= 15 is 0 Å². The lowest BCUT2D eigenvalue weighted by Crippen LogP contribution is -2.20. The summed E-state index contributed by atoms with van der Waals surface area (Å²) in [6, 6.07) is 0. The van der Waals surface area contributed by atoms with Gasteiger partial charge in [-0.3, -0.25) is 0 Å². The van der Waals surface area contributed by atoms with E-state index in [4.69, 9.17) is 0 Å². The Kier molecular flexibility index (Phi) is 14.0. The van der Waals surface area contributed by atoms with E-state index in [2.05, 4.69) is 25.8 Å². The predicted octanol–water partition coefficient (Wildman–Crippen LogP) is 5.06. The molecule has 0 bridgehead atoms. The highest BCUT2D eigenvalue weighted by Gasteiger charge is 1.96. The molecule has 0 aromatic rings. The van der Waals surface area contributed by atoms with Crippen LogP contribution in [0.2, 0.25) is 0 Å². The van der Waals surface area contributed by atoms with Gasteiger partial charge in [-0.25, -0.2) is 0 Å². The third kappa shape index (κ3) is 13.9. The molecule has 0 aliphatic rings. The maximum atomic E-state index is 3.88. The molecule has 1 nitrogen and oxygen atoms in total. The lowest BCUT2D eigenvalue weighted by atomic mass is 10.1. The van der Waals surface area contributed by atoms with Crippen LogP contribution in [0.15, 0.2) is 0 Å². The van der Waals surface area contributed by atoms with Crippen LogP contribution >= 0.6 is 0 Å². The highest BCUT2D eigenvalue weighted by atomic mass is 15.1. The van der Waals surface area contributed by atoms with Gasteiger partial charge < -0.3 is 4.90 Å². The first-order valence-electron chi connectivity index (χ1n) is 7.79. The summed E-state index contributed by atoms with van der Waals surface area (Å²) in [6.07, 6.45) is 15.3. The quantitative estimate of drug-likeness (QED) is 0.407. The van der Waals surface area contributed by atoms with Gasteiger partial charge in [-0.2, -0.15) is 0 Å². The molecule has 17 heavy (non-hydrogen) atoms. The van der Waals surface area contributed by atoms with Gasteiger partial charge in [0.05, 0.1) is 0 Å². The molecule has 0 atom stereocenters. The van der Waals surface area contributed by atoms with Gasteiger partial charge in [0, 0.05) is 0 Å². The van der Waals surface area contributed by atoms with Gasteiger partial charge in [-0.15, -0.1) is 0 Å². The molecule has 0 spiro atoms. The van der Waals surface area contributed by atoms with Crippen molar-refractivity contribution in [2.75, 3.05) is 20.1 Å². The van der Waals surface area contributed by atoms with Crippen LogP contribution < -0.4 is 0 Å². The molecule has 0 rings (SSSR count). The third-order valence-corrected chi connectivity index (χ3v) is 3.43.